The van der Waals surface area contributed by atoms with E-state index in [0.29, 0.717) is 19.5 Å². The summed E-state index contributed by atoms with van der Waals surface area (Å²) in [5.41, 5.74) is 0. The molecule has 0 aliphatic rings. The maximum atomic E-state index is 12.1. The minimum absolute atomic E-state index is 0.0555. The summed E-state index contributed by atoms with van der Waals surface area (Å²) in [6, 6.07) is -0.132. The van der Waals surface area contributed by atoms with Crippen molar-refractivity contribution in [1.29, 1.82) is 0 Å². The predicted octanol–water partition coefficient (Wildman–Crippen LogP) is 0.841. The quantitative estimate of drug-likeness (QED) is 0.678. The molecule has 0 bridgehead atoms. The predicted molar refractivity (Wildman–Crippen MR) is 52.7 cm³/mol. The number of hydrogen-bond acceptors (Lipinski definition) is 3. The van der Waals surface area contributed by atoms with Crippen LogP contribution in [0.5, 0.6) is 0 Å². The van der Waals surface area contributed by atoms with Gasteiger partial charge in [0.25, 0.3) is 0 Å². The number of nitrogens with one attached hydrogen (secondary N) is 1. The molecule has 0 aliphatic carbocycles. The van der Waals surface area contributed by atoms with E-state index in [0.717, 1.165) is 0 Å². The Morgan fingerprint density at radius 1 is 1.40 bits per heavy atom. The van der Waals surface area contributed by atoms with Crippen LogP contribution in [-0.2, 0) is 0 Å². The van der Waals surface area contributed by atoms with Crippen LogP contribution >= 0.6 is 0 Å². The second-order valence-corrected chi connectivity index (χ2v) is 3.44. The smallest absolute Gasteiger partial charge is 0.395 e. The van der Waals surface area contributed by atoms with Crippen LogP contribution in [-0.4, -0.2) is 55.5 Å². The molecule has 0 saturated heterocycles. The van der Waals surface area contributed by atoms with Gasteiger partial charge in [0, 0.05) is 12.6 Å². The Morgan fingerprint density at radius 3 is 2.33 bits per heavy atom. The third-order valence-electron chi connectivity index (χ3n) is 2.27. The molecule has 3 nitrogen and oxygen atoms in total. The van der Waals surface area contributed by atoms with Crippen LogP contribution in [0.25, 0.3) is 0 Å². The van der Waals surface area contributed by atoms with E-state index in [4.69, 9.17) is 5.11 Å². The first-order chi connectivity index (χ1) is 6.92. The van der Waals surface area contributed by atoms with Crippen LogP contribution in [0.3, 0.4) is 0 Å². The van der Waals surface area contributed by atoms with E-state index in [1.165, 1.54) is 4.90 Å². The molecular formula is C9H19F3N2O. The Hall–Kier alpha value is -0.330. The molecule has 0 heterocycles. The van der Waals surface area contributed by atoms with E-state index in [9.17, 15) is 13.2 Å². The van der Waals surface area contributed by atoms with Crippen molar-refractivity contribution in [3.8, 4) is 0 Å². The number of aliphatic hydroxyl groups is 1. The van der Waals surface area contributed by atoms with E-state index < -0.39 is 12.7 Å². The highest BCUT2D eigenvalue weighted by atomic mass is 19.4. The molecule has 0 aliphatic heterocycles. The Kier molecular flexibility index (Phi) is 6.87. The normalized spacial score (nSPS) is 14.6. The highest BCUT2D eigenvalue weighted by molar-refractivity contribution is 4.68. The third kappa shape index (κ3) is 7.58. The van der Waals surface area contributed by atoms with Crippen molar-refractivity contribution in [2.45, 2.75) is 25.6 Å². The maximum Gasteiger partial charge on any atom is 0.401 e. The van der Waals surface area contributed by atoms with Crippen LogP contribution < -0.4 is 5.32 Å². The van der Waals surface area contributed by atoms with Gasteiger partial charge in [-0.3, -0.25) is 4.90 Å². The molecule has 0 saturated carbocycles. The van der Waals surface area contributed by atoms with Gasteiger partial charge in [-0.1, -0.05) is 6.92 Å². The number of alkyl halides is 3. The van der Waals surface area contributed by atoms with Gasteiger partial charge in [0.05, 0.1) is 13.2 Å². The summed E-state index contributed by atoms with van der Waals surface area (Å²) in [6.07, 6.45) is -3.64. The van der Waals surface area contributed by atoms with Gasteiger partial charge in [-0.05, 0) is 20.0 Å². The van der Waals surface area contributed by atoms with Crippen LogP contribution in [0.15, 0.2) is 0 Å². The first kappa shape index (κ1) is 14.7. The first-order valence-electron chi connectivity index (χ1n) is 5.00. The summed E-state index contributed by atoms with van der Waals surface area (Å²) in [4.78, 5) is 1.32. The third-order valence-corrected chi connectivity index (χ3v) is 2.27. The van der Waals surface area contributed by atoms with E-state index in [1.807, 2.05) is 0 Å². The first-order valence-corrected chi connectivity index (χ1v) is 5.00. The van der Waals surface area contributed by atoms with Crippen molar-refractivity contribution in [2.75, 3.05) is 33.3 Å². The minimum atomic E-state index is -4.15. The Morgan fingerprint density at radius 2 is 2.00 bits per heavy atom. The van der Waals surface area contributed by atoms with Crippen molar-refractivity contribution < 1.29 is 18.3 Å². The minimum Gasteiger partial charge on any atom is -0.395 e. The number of rotatable bonds is 7. The Balaban J connectivity index is 3.89. The zero-order valence-corrected chi connectivity index (χ0v) is 9.14. The van der Waals surface area contributed by atoms with Crippen LogP contribution in [0.1, 0.15) is 13.3 Å². The molecule has 92 valence electrons. The lowest BCUT2D eigenvalue weighted by Crippen LogP contribution is -2.38. The van der Waals surface area contributed by atoms with Crippen molar-refractivity contribution in [3.05, 3.63) is 0 Å². The lowest BCUT2D eigenvalue weighted by atomic mass is 10.2. The monoisotopic (exact) mass is 228 g/mol. The summed E-state index contributed by atoms with van der Waals surface area (Å²) in [5.74, 6) is 0. The van der Waals surface area contributed by atoms with Gasteiger partial charge in [0.15, 0.2) is 0 Å². The lowest BCUT2D eigenvalue weighted by molar-refractivity contribution is -0.145. The fourth-order valence-electron chi connectivity index (χ4n) is 1.27. The van der Waals surface area contributed by atoms with Crippen LogP contribution in [0.4, 0.5) is 13.2 Å². The molecule has 6 heteroatoms. The Bertz CT molecular complexity index is 160. The number of hydrogen-bond donors (Lipinski definition) is 2. The van der Waals surface area contributed by atoms with Gasteiger partial charge >= 0.3 is 6.18 Å². The molecule has 2 N–H and O–H groups in total. The summed E-state index contributed by atoms with van der Waals surface area (Å²) in [7, 11) is 1.68. The molecule has 1 unspecified atom stereocenters. The topological polar surface area (TPSA) is 35.5 Å². The molecule has 0 radical (unpaired) electrons. The maximum absolute atomic E-state index is 12.1. The van der Waals surface area contributed by atoms with Gasteiger partial charge in [-0.25, -0.2) is 0 Å². The fourth-order valence-corrected chi connectivity index (χ4v) is 1.27. The second-order valence-electron chi connectivity index (χ2n) is 3.44. The van der Waals surface area contributed by atoms with Gasteiger partial charge in [0.2, 0.25) is 0 Å². The summed E-state index contributed by atoms with van der Waals surface area (Å²) in [5, 5.41) is 11.7. The largest absolute Gasteiger partial charge is 0.401 e. The molecule has 0 amide bonds. The Labute approximate surface area is 88.3 Å². The van der Waals surface area contributed by atoms with Gasteiger partial charge in [-0.2, -0.15) is 13.2 Å². The molecule has 0 aromatic carbocycles. The second kappa shape index (κ2) is 7.03. The van der Waals surface area contributed by atoms with E-state index in [1.54, 1.807) is 14.0 Å². The highest BCUT2D eigenvalue weighted by Gasteiger charge is 2.29. The summed E-state index contributed by atoms with van der Waals surface area (Å²) in [6.45, 7) is 1.45. The van der Waals surface area contributed by atoms with Crippen molar-refractivity contribution in [1.82, 2.24) is 10.2 Å². The fraction of sp³-hybridized carbons (Fsp3) is 1.00. The molecule has 0 aromatic heterocycles. The number of nitrogens with zero attached hydrogens (tertiary/aromatic N) is 1. The van der Waals surface area contributed by atoms with E-state index in [-0.39, 0.29) is 12.6 Å². The number of likely N-dealkylation sites (N-methyl/N-ethyl adjacent to an activating group) is 1. The zero-order valence-electron chi connectivity index (χ0n) is 9.14. The molecule has 0 spiro atoms. The number of halogens is 3. The van der Waals surface area contributed by atoms with Crippen LogP contribution in [0.2, 0.25) is 0 Å². The molecule has 0 rings (SSSR count). The zero-order chi connectivity index (χ0) is 11.9. The average molecular weight is 228 g/mol. The lowest BCUT2D eigenvalue weighted by Gasteiger charge is -2.23. The molecule has 0 fully saturated rings. The van der Waals surface area contributed by atoms with Crippen molar-refractivity contribution >= 4 is 0 Å². The molecule has 15 heavy (non-hydrogen) atoms. The standard InChI is InChI=1S/C9H19F3N2O/c1-3-14(7-9(10,11)12)5-4-8(6-15)13-2/h8,13,15H,3-7H2,1-2H3. The van der Waals surface area contributed by atoms with Crippen LogP contribution in [0, 0.1) is 0 Å². The summed E-state index contributed by atoms with van der Waals surface area (Å²) < 4.78 is 36.2. The summed E-state index contributed by atoms with van der Waals surface area (Å²) >= 11 is 0. The molecule has 0 aromatic rings. The molecule has 1 atom stereocenters. The van der Waals surface area contributed by atoms with Crippen molar-refractivity contribution in [2.24, 2.45) is 0 Å². The van der Waals surface area contributed by atoms with Crippen molar-refractivity contribution in [3.63, 3.8) is 0 Å². The molecular weight excluding hydrogens is 209 g/mol. The average Bonchev–Trinajstić information content (AvgIpc) is 2.15. The number of aliphatic hydroxyl groups excluding tert-OH is 1. The van der Waals surface area contributed by atoms with Gasteiger partial charge in [-0.15, -0.1) is 0 Å². The van der Waals surface area contributed by atoms with Gasteiger partial charge < -0.3 is 10.4 Å². The highest BCUT2D eigenvalue weighted by Crippen LogP contribution is 2.16. The van der Waals surface area contributed by atoms with E-state index >= 15 is 0 Å². The van der Waals surface area contributed by atoms with Gasteiger partial charge in [0.1, 0.15) is 0 Å². The van der Waals surface area contributed by atoms with E-state index in [2.05, 4.69) is 5.32 Å². The SMILES string of the molecule is CCN(CCC(CO)NC)CC(F)(F)F.